The fraction of sp³-hybridized carbons (Fsp3) is 0.333. The maximum atomic E-state index is 11.3. The van der Waals surface area contributed by atoms with Crippen molar-refractivity contribution in [2.75, 3.05) is 24.5 Å². The zero-order valence-electron chi connectivity index (χ0n) is 9.67. The maximum absolute atomic E-state index is 11.3. The largest absolute Gasteiger partial charge is 0.480 e. The van der Waals surface area contributed by atoms with Crippen LogP contribution in [-0.2, 0) is 4.79 Å². The van der Waals surface area contributed by atoms with Crippen molar-refractivity contribution in [1.29, 1.82) is 0 Å². The Morgan fingerprint density at radius 1 is 1.50 bits per heavy atom. The fourth-order valence-corrected chi connectivity index (χ4v) is 3.04. The molecule has 0 saturated carbocycles. The molecule has 2 N–H and O–H groups in total. The second-order valence-electron chi connectivity index (χ2n) is 4.25. The van der Waals surface area contributed by atoms with Crippen LogP contribution in [0.2, 0.25) is 0 Å². The summed E-state index contributed by atoms with van der Waals surface area (Å²) in [5.41, 5.74) is 0. The molecule has 0 amide bonds. The summed E-state index contributed by atoms with van der Waals surface area (Å²) in [5.74, 6) is -0.0104. The van der Waals surface area contributed by atoms with Gasteiger partial charge in [-0.25, -0.2) is 4.79 Å². The van der Waals surface area contributed by atoms with Crippen LogP contribution in [-0.4, -0.2) is 41.1 Å². The van der Waals surface area contributed by atoms with Crippen LogP contribution in [0.3, 0.4) is 0 Å². The summed E-state index contributed by atoms with van der Waals surface area (Å²) in [5, 5.41) is 13.4. The Morgan fingerprint density at radius 3 is 3.17 bits per heavy atom. The van der Waals surface area contributed by atoms with Crippen LogP contribution in [0.1, 0.15) is 0 Å². The number of carboxylic acid groups (broad SMARTS) is 1. The lowest BCUT2D eigenvalue weighted by Gasteiger charge is -2.33. The summed E-state index contributed by atoms with van der Waals surface area (Å²) >= 11 is 1.42. The number of carboxylic acids is 1. The molecule has 3 rings (SSSR count). The first-order chi connectivity index (χ1) is 8.77. The molecule has 94 valence electrons. The van der Waals surface area contributed by atoms with Crippen LogP contribution < -0.4 is 10.2 Å². The van der Waals surface area contributed by atoms with Gasteiger partial charge in [0.2, 0.25) is 0 Å². The molecule has 0 spiro atoms. The van der Waals surface area contributed by atoms with E-state index in [-0.39, 0.29) is 0 Å². The van der Waals surface area contributed by atoms with Crippen molar-refractivity contribution in [2.45, 2.75) is 6.04 Å². The number of hydrogen-bond donors (Lipinski definition) is 2. The Balaban J connectivity index is 2.04. The molecule has 1 aliphatic rings. The predicted octanol–water partition coefficient (Wildman–Crippen LogP) is 1.16. The van der Waals surface area contributed by atoms with Gasteiger partial charge in [0, 0.05) is 25.0 Å². The van der Waals surface area contributed by atoms with E-state index in [0.717, 1.165) is 22.4 Å². The number of carbonyl (C=O) groups is 1. The third-order valence-corrected chi connectivity index (χ3v) is 3.98. The Bertz CT molecular complexity index is 583. The molecule has 5 nitrogen and oxygen atoms in total. The number of piperazine rings is 1. The molecule has 6 heteroatoms. The van der Waals surface area contributed by atoms with Crippen LogP contribution >= 0.6 is 11.5 Å². The van der Waals surface area contributed by atoms with E-state index in [1.54, 1.807) is 0 Å². The van der Waals surface area contributed by atoms with E-state index in [4.69, 9.17) is 0 Å². The topological polar surface area (TPSA) is 65.5 Å². The van der Waals surface area contributed by atoms with Gasteiger partial charge in [0.1, 0.15) is 6.04 Å². The van der Waals surface area contributed by atoms with Crippen molar-refractivity contribution >= 4 is 33.4 Å². The third kappa shape index (κ3) is 1.83. The van der Waals surface area contributed by atoms with Gasteiger partial charge < -0.3 is 15.3 Å². The van der Waals surface area contributed by atoms with Crippen LogP contribution in [0.4, 0.5) is 5.82 Å². The van der Waals surface area contributed by atoms with Crippen molar-refractivity contribution in [3.05, 3.63) is 24.3 Å². The Morgan fingerprint density at radius 2 is 2.33 bits per heavy atom. The van der Waals surface area contributed by atoms with Gasteiger partial charge in [0.25, 0.3) is 0 Å². The van der Waals surface area contributed by atoms with Gasteiger partial charge in [-0.3, -0.25) is 0 Å². The molecule has 1 saturated heterocycles. The van der Waals surface area contributed by atoms with Gasteiger partial charge in [-0.05, 0) is 23.7 Å². The van der Waals surface area contributed by atoms with Crippen molar-refractivity contribution in [2.24, 2.45) is 0 Å². The first-order valence-electron chi connectivity index (χ1n) is 5.82. The number of nitrogens with one attached hydrogen (secondary N) is 1. The number of aromatic nitrogens is 1. The summed E-state index contributed by atoms with van der Waals surface area (Å²) in [6, 6.07) is 7.39. The smallest absolute Gasteiger partial charge is 0.327 e. The van der Waals surface area contributed by atoms with Gasteiger partial charge >= 0.3 is 5.97 Å². The van der Waals surface area contributed by atoms with E-state index in [1.165, 1.54) is 11.5 Å². The molecule has 2 heterocycles. The van der Waals surface area contributed by atoms with Gasteiger partial charge in [-0.2, -0.15) is 4.37 Å². The Kier molecular flexibility index (Phi) is 2.89. The molecular weight excluding hydrogens is 250 g/mol. The molecular formula is C12H13N3O2S. The van der Waals surface area contributed by atoms with E-state index in [2.05, 4.69) is 9.69 Å². The number of benzene rings is 1. The molecule has 0 radical (unpaired) electrons. The summed E-state index contributed by atoms with van der Waals surface area (Å²) in [7, 11) is 0. The van der Waals surface area contributed by atoms with Crippen LogP contribution in [0.25, 0.3) is 10.1 Å². The minimum atomic E-state index is -0.806. The molecule has 18 heavy (non-hydrogen) atoms. The van der Waals surface area contributed by atoms with Gasteiger partial charge in [-0.1, -0.05) is 12.1 Å². The molecule has 1 aliphatic heterocycles. The number of aliphatic carboxylic acids is 1. The third-order valence-electron chi connectivity index (χ3n) is 3.16. The van der Waals surface area contributed by atoms with E-state index in [9.17, 15) is 9.90 Å². The summed E-state index contributed by atoms with van der Waals surface area (Å²) in [6.45, 7) is 1.92. The van der Waals surface area contributed by atoms with Gasteiger partial charge in [0.05, 0.1) is 4.70 Å². The summed E-state index contributed by atoms with van der Waals surface area (Å²) in [6.07, 6.45) is 0. The average Bonchev–Trinajstić information content (AvgIpc) is 2.82. The van der Waals surface area contributed by atoms with Crippen molar-refractivity contribution in [3.63, 3.8) is 0 Å². The highest BCUT2D eigenvalue weighted by molar-refractivity contribution is 7.13. The quantitative estimate of drug-likeness (QED) is 0.851. The SMILES string of the molecule is O=C(O)[C@@H]1CNCCN1c1nsc2ccccc12. The highest BCUT2D eigenvalue weighted by Crippen LogP contribution is 2.30. The summed E-state index contributed by atoms with van der Waals surface area (Å²) in [4.78, 5) is 13.2. The van der Waals surface area contributed by atoms with E-state index in [1.807, 2.05) is 29.2 Å². The summed E-state index contributed by atoms with van der Waals surface area (Å²) < 4.78 is 5.52. The second-order valence-corrected chi connectivity index (χ2v) is 5.06. The first kappa shape index (κ1) is 11.4. The van der Waals surface area contributed by atoms with Crippen LogP contribution in [0.15, 0.2) is 24.3 Å². The molecule has 1 aromatic heterocycles. The second kappa shape index (κ2) is 4.55. The normalized spacial score (nSPS) is 20.2. The van der Waals surface area contributed by atoms with Gasteiger partial charge in [0.15, 0.2) is 5.82 Å². The zero-order valence-corrected chi connectivity index (χ0v) is 10.5. The molecule has 2 aromatic rings. The zero-order chi connectivity index (χ0) is 12.5. The fourth-order valence-electron chi connectivity index (χ4n) is 2.26. The Labute approximate surface area is 108 Å². The van der Waals surface area contributed by atoms with Crippen LogP contribution in [0.5, 0.6) is 0 Å². The van der Waals surface area contributed by atoms with Gasteiger partial charge in [-0.15, -0.1) is 0 Å². The van der Waals surface area contributed by atoms with E-state index < -0.39 is 12.0 Å². The van der Waals surface area contributed by atoms with Crippen LogP contribution in [0, 0.1) is 0 Å². The molecule has 1 aromatic carbocycles. The monoisotopic (exact) mass is 263 g/mol. The average molecular weight is 263 g/mol. The maximum Gasteiger partial charge on any atom is 0.327 e. The van der Waals surface area contributed by atoms with E-state index >= 15 is 0 Å². The number of nitrogens with zero attached hydrogens (tertiary/aromatic N) is 2. The molecule has 0 bridgehead atoms. The van der Waals surface area contributed by atoms with Crippen molar-refractivity contribution < 1.29 is 9.90 Å². The highest BCUT2D eigenvalue weighted by Gasteiger charge is 2.30. The molecule has 1 atom stereocenters. The number of anilines is 1. The number of rotatable bonds is 2. The number of fused-ring (bicyclic) bond motifs is 1. The highest BCUT2D eigenvalue weighted by atomic mass is 32.1. The first-order valence-corrected chi connectivity index (χ1v) is 6.59. The minimum absolute atomic E-state index is 0.460. The molecule has 0 aliphatic carbocycles. The lowest BCUT2D eigenvalue weighted by Crippen LogP contribution is -2.55. The number of hydrogen-bond acceptors (Lipinski definition) is 5. The molecule has 0 unspecified atom stereocenters. The van der Waals surface area contributed by atoms with E-state index in [0.29, 0.717) is 13.1 Å². The Hall–Kier alpha value is -1.66. The minimum Gasteiger partial charge on any atom is -0.480 e. The van der Waals surface area contributed by atoms with Crippen molar-refractivity contribution in [3.8, 4) is 0 Å². The standard InChI is InChI=1S/C12H13N3O2S/c16-12(17)9-7-13-5-6-15(9)11-8-3-1-2-4-10(8)18-14-11/h1-4,9,13H,5-7H2,(H,16,17)/t9-/m0/s1. The lowest BCUT2D eigenvalue weighted by atomic mass is 10.1. The predicted molar refractivity (Wildman–Crippen MR) is 71.3 cm³/mol. The lowest BCUT2D eigenvalue weighted by molar-refractivity contribution is -0.138. The van der Waals surface area contributed by atoms with Crippen molar-refractivity contribution in [1.82, 2.24) is 9.69 Å². The molecule has 1 fully saturated rings.